The Morgan fingerprint density at radius 3 is 1.09 bits per heavy atom. The normalized spacial score (nSPS) is 11.6. The fraction of sp³-hybridized carbons (Fsp3) is 0.506. The summed E-state index contributed by atoms with van der Waals surface area (Å²) in [6.45, 7) is 60.9. The highest BCUT2D eigenvalue weighted by Crippen LogP contribution is 2.27. The van der Waals surface area contributed by atoms with Gasteiger partial charge >= 0.3 is 0 Å². The number of allylic oxidation sites excluding steroid dienone is 4. The van der Waals surface area contributed by atoms with Crippen molar-refractivity contribution in [2.24, 2.45) is 23.7 Å². The number of aryl methyl sites for hydroxylation is 6. The van der Waals surface area contributed by atoms with Crippen LogP contribution in [0.1, 0.15) is 239 Å². The first-order valence-corrected chi connectivity index (χ1v) is 33.9. The smallest absolute Gasteiger partial charge is 0.138 e. The molecule has 8 aromatic rings. The fourth-order valence-electron chi connectivity index (χ4n) is 5.44. The Morgan fingerprint density at radius 2 is 0.807 bits per heavy atom. The van der Waals surface area contributed by atoms with Crippen LogP contribution in [0.4, 0.5) is 0 Å². The van der Waals surface area contributed by atoms with E-state index in [1.807, 2.05) is 177 Å². The zero-order valence-electron chi connectivity index (χ0n) is 62.3. The molecule has 0 bridgehead atoms. The van der Waals surface area contributed by atoms with E-state index in [1.54, 1.807) is 12.4 Å². The van der Waals surface area contributed by atoms with Crippen molar-refractivity contribution in [1.82, 2.24) is 45.3 Å². The molecule has 1 atom stereocenters. The minimum atomic E-state index is 0.759. The second kappa shape index (κ2) is 80.1. The average molecular weight is 1210 g/mol. The summed E-state index contributed by atoms with van der Waals surface area (Å²) in [5, 5.41) is 19.6. The number of hydrogen-bond acceptors (Lipinski definition) is 9. The SMILES string of the molecule is CC.CC.CC.CC.CC.CC.CC.CC.CC.CC.CC1C=C1.CC1C=CC1.CC1CC1.CC1CCC1.Cc1ccc2ccccc2c1.Cc1cccc2ccccc12.Cc1ccccc1.Cc1cncnn1.Cc1cnncn1.Cc1ncncn1. The lowest BCUT2D eigenvalue weighted by Crippen LogP contribution is -2.04. The Hall–Kier alpha value is -6.87. The van der Waals surface area contributed by atoms with Gasteiger partial charge in [-0.25, -0.2) is 24.9 Å². The molecule has 4 aliphatic rings. The molecule has 0 amide bonds. The zero-order valence-corrected chi connectivity index (χ0v) is 62.3. The summed E-state index contributed by atoms with van der Waals surface area (Å²) in [6, 6.07) is 40.0. The lowest BCUT2D eigenvalue weighted by atomic mass is 9.88. The third kappa shape index (κ3) is 68.2. The minimum absolute atomic E-state index is 0.759. The first-order valence-electron chi connectivity index (χ1n) is 33.9. The Balaban J connectivity index is -0.000000132. The third-order valence-corrected chi connectivity index (χ3v) is 10.5. The van der Waals surface area contributed by atoms with Gasteiger partial charge in [0, 0.05) is 0 Å². The molecule has 0 N–H and O–H groups in total. The van der Waals surface area contributed by atoms with Crippen LogP contribution in [0, 0.1) is 65.2 Å². The van der Waals surface area contributed by atoms with Gasteiger partial charge in [-0.15, -0.1) is 10.2 Å². The van der Waals surface area contributed by atoms with Gasteiger partial charge in [-0.3, -0.25) is 0 Å². The van der Waals surface area contributed by atoms with Gasteiger partial charge < -0.3 is 0 Å². The molecule has 9 heteroatoms. The first-order chi connectivity index (χ1) is 42.9. The summed E-state index contributed by atoms with van der Waals surface area (Å²) in [7, 11) is 0. The molecular formula is C79H135N9. The van der Waals surface area contributed by atoms with Gasteiger partial charge in [-0.05, 0) is 98.7 Å². The number of aromatic nitrogens is 9. The Bertz CT molecular complexity index is 2380. The molecule has 3 heterocycles. The second-order valence-corrected chi connectivity index (χ2v) is 17.6. The van der Waals surface area contributed by atoms with E-state index in [9.17, 15) is 0 Å². The molecule has 9 nitrogen and oxygen atoms in total. The number of fused-ring (bicyclic) bond motifs is 2. The molecule has 0 radical (unpaired) electrons. The number of rotatable bonds is 0. The molecule has 0 saturated heterocycles. The Labute approximate surface area is 545 Å². The summed E-state index contributed by atoms with van der Waals surface area (Å²) in [5.41, 5.74) is 5.74. The molecule has 1 unspecified atom stereocenters. The monoisotopic (exact) mass is 1210 g/mol. The largest absolute Gasteiger partial charge is 0.241 e. The van der Waals surface area contributed by atoms with Crippen LogP contribution in [0.2, 0.25) is 0 Å². The molecule has 3 aromatic heterocycles. The molecule has 4 aliphatic carbocycles. The van der Waals surface area contributed by atoms with Gasteiger partial charge in [0.05, 0.1) is 23.8 Å². The predicted molar refractivity (Wildman–Crippen MR) is 398 cm³/mol. The van der Waals surface area contributed by atoms with E-state index in [0.29, 0.717) is 0 Å². The highest BCUT2D eigenvalue weighted by Gasteiger charge is 2.12. The van der Waals surface area contributed by atoms with Crippen LogP contribution in [0.25, 0.3) is 21.5 Å². The zero-order chi connectivity index (χ0) is 69.2. The van der Waals surface area contributed by atoms with Crippen LogP contribution in [0.15, 0.2) is 177 Å². The van der Waals surface area contributed by atoms with Crippen LogP contribution in [-0.4, -0.2) is 45.3 Å². The Kier molecular flexibility index (Phi) is 88.7. The minimum Gasteiger partial charge on any atom is -0.241 e. The maximum atomic E-state index is 3.81. The quantitative estimate of drug-likeness (QED) is 0.137. The van der Waals surface area contributed by atoms with Crippen molar-refractivity contribution in [2.75, 3.05) is 0 Å². The second-order valence-electron chi connectivity index (χ2n) is 17.6. The number of benzene rings is 5. The molecule has 88 heavy (non-hydrogen) atoms. The van der Waals surface area contributed by atoms with E-state index < -0.39 is 0 Å². The van der Waals surface area contributed by atoms with Crippen LogP contribution in [0.5, 0.6) is 0 Å². The maximum absolute atomic E-state index is 3.81. The summed E-state index contributed by atoms with van der Waals surface area (Å²) < 4.78 is 0. The van der Waals surface area contributed by atoms with E-state index in [4.69, 9.17) is 0 Å². The number of hydrogen-bond donors (Lipinski definition) is 0. The summed E-state index contributed by atoms with van der Waals surface area (Å²) in [6.07, 6.45) is 26.5. The molecule has 0 aliphatic heterocycles. The molecule has 12 rings (SSSR count). The van der Waals surface area contributed by atoms with Crippen molar-refractivity contribution in [3.05, 3.63) is 211 Å². The van der Waals surface area contributed by atoms with E-state index >= 15 is 0 Å². The highest BCUT2D eigenvalue weighted by atomic mass is 15.1. The lowest BCUT2D eigenvalue weighted by molar-refractivity contribution is 0.346. The van der Waals surface area contributed by atoms with E-state index in [-0.39, 0.29) is 0 Å². The van der Waals surface area contributed by atoms with Gasteiger partial charge in [-0.1, -0.05) is 349 Å². The predicted octanol–water partition coefficient (Wildman–Crippen LogP) is 25.1. The fourth-order valence-corrected chi connectivity index (χ4v) is 5.44. The van der Waals surface area contributed by atoms with Crippen molar-refractivity contribution in [3.8, 4) is 0 Å². The van der Waals surface area contributed by atoms with Crippen LogP contribution in [0.3, 0.4) is 0 Å². The van der Waals surface area contributed by atoms with Crippen molar-refractivity contribution in [2.45, 2.75) is 246 Å². The van der Waals surface area contributed by atoms with E-state index in [1.165, 1.54) is 102 Å². The van der Waals surface area contributed by atoms with Gasteiger partial charge in [0.25, 0.3) is 0 Å². The molecule has 5 aromatic carbocycles. The highest BCUT2D eigenvalue weighted by molar-refractivity contribution is 5.85. The Morgan fingerprint density at radius 1 is 0.364 bits per heavy atom. The van der Waals surface area contributed by atoms with Gasteiger partial charge in [0.2, 0.25) is 0 Å². The van der Waals surface area contributed by atoms with Gasteiger partial charge in [-0.2, -0.15) is 10.2 Å². The average Bonchev–Trinajstić information content (AvgIpc) is 4.74. The topological polar surface area (TPSA) is 116 Å². The lowest BCUT2D eigenvalue weighted by Gasteiger charge is -2.18. The van der Waals surface area contributed by atoms with Crippen molar-refractivity contribution in [1.29, 1.82) is 0 Å². The standard InChI is InChI=1S/2C11H10.C7H8.C5H10.C5H8.3C4H5N3.C4H8.C4H6.10C2H6/c1-9-5-4-7-10-6-2-3-8-11(9)10;1-9-6-7-10-4-2-3-5-11(10)8-9;1-7-5-3-2-4-6-7;2*1-5-3-2-4-5;1-4-6-2-5-3-7-4;1-4-2-6-7-3-5-4;1-4-2-5-3-6-7-4;2*1-4-2-3-4;10*1-2/h2*2-8H,1H3;2-6H,1H3;5H,2-4H2,1H3;2-3,5H,4H2,1H3;3*2-3H,1H3;4H,2-3H2,1H3;2-4H,1H3;10*1-2H3. The van der Waals surface area contributed by atoms with Crippen LogP contribution >= 0.6 is 0 Å². The van der Waals surface area contributed by atoms with Crippen LogP contribution in [-0.2, 0) is 0 Å². The molecule has 2 fully saturated rings. The third-order valence-electron chi connectivity index (χ3n) is 10.5. The van der Waals surface area contributed by atoms with E-state index in [2.05, 4.69) is 215 Å². The van der Waals surface area contributed by atoms with E-state index in [0.717, 1.165) is 40.9 Å². The summed E-state index contributed by atoms with van der Waals surface area (Å²) >= 11 is 0. The maximum Gasteiger partial charge on any atom is 0.138 e. The van der Waals surface area contributed by atoms with Crippen molar-refractivity contribution in [3.63, 3.8) is 0 Å². The van der Waals surface area contributed by atoms with Crippen LogP contribution < -0.4 is 0 Å². The van der Waals surface area contributed by atoms with Crippen molar-refractivity contribution < 1.29 is 0 Å². The number of nitrogens with zero attached hydrogens (tertiary/aromatic N) is 9. The van der Waals surface area contributed by atoms with Gasteiger partial charge in [0.15, 0.2) is 0 Å². The summed E-state index contributed by atoms with van der Waals surface area (Å²) in [5.74, 6) is 4.62. The molecule has 0 spiro atoms. The van der Waals surface area contributed by atoms with Gasteiger partial charge in [0.1, 0.15) is 31.1 Å². The van der Waals surface area contributed by atoms with Crippen molar-refractivity contribution >= 4 is 21.5 Å². The molecule has 2 saturated carbocycles. The molecule has 496 valence electrons. The summed E-state index contributed by atoms with van der Waals surface area (Å²) in [4.78, 5) is 18.7. The molecular weight excluding hydrogens is 1070 g/mol. The first kappa shape index (κ1) is 97.4.